The molecule has 1 fully saturated rings. The molecule has 0 aliphatic heterocycles. The Balaban J connectivity index is 1.77. The molecule has 1 saturated carbocycles. The topological polar surface area (TPSA) is 12.0 Å². The van der Waals surface area contributed by atoms with E-state index in [9.17, 15) is 0 Å². The van der Waals surface area contributed by atoms with Crippen LogP contribution >= 0.6 is 23.8 Å². The summed E-state index contributed by atoms with van der Waals surface area (Å²) in [5, 5.41) is 4.08. The van der Waals surface area contributed by atoms with Crippen LogP contribution < -0.4 is 5.32 Å². The minimum Gasteiger partial charge on any atom is -0.350 e. The van der Waals surface area contributed by atoms with Gasteiger partial charge in [-0.15, -0.1) is 0 Å². The number of thiocarbonyl (C=S) groups is 1. The van der Waals surface area contributed by atoms with Gasteiger partial charge in [0.05, 0.1) is 4.99 Å². The Hall–Kier alpha value is -0.600. The predicted molar refractivity (Wildman–Crippen MR) is 92.6 cm³/mol. The maximum Gasteiger partial charge on any atom is 0.0800 e. The molecule has 0 spiro atoms. The molecule has 0 amide bonds. The van der Waals surface area contributed by atoms with Gasteiger partial charge in [0.15, 0.2) is 0 Å². The van der Waals surface area contributed by atoms with E-state index in [1.54, 1.807) is 0 Å². The molecular weight excluding hydrogens is 286 g/mol. The maximum atomic E-state index is 5.88. The van der Waals surface area contributed by atoms with Crippen LogP contribution in [0.25, 0.3) is 0 Å². The summed E-state index contributed by atoms with van der Waals surface area (Å²) in [7, 11) is 0. The summed E-state index contributed by atoms with van der Waals surface area (Å²) in [5.74, 6) is 2.51. The zero-order valence-electron chi connectivity index (χ0n) is 12.4. The third-order valence-electron chi connectivity index (χ3n) is 4.44. The Labute approximate surface area is 133 Å². The third kappa shape index (κ3) is 4.75. The molecule has 0 saturated heterocycles. The fourth-order valence-electron chi connectivity index (χ4n) is 3.07. The lowest BCUT2D eigenvalue weighted by Gasteiger charge is -2.31. The largest absolute Gasteiger partial charge is 0.350 e. The highest BCUT2D eigenvalue weighted by Gasteiger charge is 2.23. The number of hydrogen-bond donors (Lipinski definition) is 1. The van der Waals surface area contributed by atoms with Crippen LogP contribution in [0.3, 0.4) is 0 Å². The number of hydrogen-bond acceptors (Lipinski definition) is 1. The summed E-state index contributed by atoms with van der Waals surface area (Å²) < 4.78 is 0. The molecule has 1 N–H and O–H groups in total. The maximum absolute atomic E-state index is 5.88. The van der Waals surface area contributed by atoms with E-state index in [4.69, 9.17) is 23.8 Å². The van der Waals surface area contributed by atoms with E-state index < -0.39 is 0 Å². The number of anilines is 1. The van der Waals surface area contributed by atoms with Crippen molar-refractivity contribution in [3.8, 4) is 0 Å². The van der Waals surface area contributed by atoms with Gasteiger partial charge < -0.3 is 5.32 Å². The Morgan fingerprint density at radius 2 is 1.80 bits per heavy atom. The summed E-state index contributed by atoms with van der Waals surface area (Å²) in [6.45, 7) is 4.69. The highest BCUT2D eigenvalue weighted by atomic mass is 35.5. The van der Waals surface area contributed by atoms with Crippen LogP contribution in [0.5, 0.6) is 0 Å². The minimum absolute atomic E-state index is 0.758. The average molecular weight is 310 g/mol. The average Bonchev–Trinajstić information content (AvgIpc) is 2.42. The van der Waals surface area contributed by atoms with Gasteiger partial charge in [0.2, 0.25) is 0 Å². The predicted octanol–water partition coefficient (Wildman–Crippen LogP) is 5.93. The summed E-state index contributed by atoms with van der Waals surface area (Å²) in [6.07, 6.45) is 6.40. The number of benzene rings is 1. The van der Waals surface area contributed by atoms with E-state index in [-0.39, 0.29) is 0 Å². The molecular formula is C17H24ClNS. The lowest BCUT2D eigenvalue weighted by molar-refractivity contribution is 0.228. The van der Waals surface area contributed by atoms with Gasteiger partial charge >= 0.3 is 0 Å². The van der Waals surface area contributed by atoms with Gasteiger partial charge in [-0.2, -0.15) is 0 Å². The van der Waals surface area contributed by atoms with Crippen LogP contribution in [0.1, 0.15) is 46.0 Å². The Morgan fingerprint density at radius 1 is 1.20 bits per heavy atom. The van der Waals surface area contributed by atoms with Gasteiger partial charge in [-0.25, -0.2) is 0 Å². The van der Waals surface area contributed by atoms with Gasteiger partial charge in [0.25, 0.3) is 0 Å². The molecule has 0 heterocycles. The van der Waals surface area contributed by atoms with Crippen molar-refractivity contribution in [1.29, 1.82) is 0 Å². The van der Waals surface area contributed by atoms with Crippen LogP contribution in [0.15, 0.2) is 24.3 Å². The van der Waals surface area contributed by atoms with Crippen molar-refractivity contribution in [2.24, 2.45) is 17.8 Å². The van der Waals surface area contributed by atoms with E-state index >= 15 is 0 Å². The zero-order valence-corrected chi connectivity index (χ0v) is 13.9. The molecule has 2 rings (SSSR count). The fourth-order valence-corrected chi connectivity index (χ4v) is 3.55. The van der Waals surface area contributed by atoms with Gasteiger partial charge in [0, 0.05) is 17.1 Å². The lowest BCUT2D eigenvalue weighted by Crippen LogP contribution is -2.22. The monoisotopic (exact) mass is 309 g/mol. The quantitative estimate of drug-likeness (QED) is 0.692. The summed E-state index contributed by atoms with van der Waals surface area (Å²) in [6, 6.07) is 7.73. The Morgan fingerprint density at radius 3 is 2.35 bits per heavy atom. The van der Waals surface area contributed by atoms with Crippen LogP contribution in [0.2, 0.25) is 5.02 Å². The van der Waals surface area contributed by atoms with E-state index in [0.29, 0.717) is 0 Å². The van der Waals surface area contributed by atoms with E-state index in [1.807, 2.05) is 24.3 Å². The molecule has 1 aliphatic carbocycles. The second kappa shape index (κ2) is 7.42. The SMILES string of the molecule is CC(C)C1CCC(CC(=S)Nc2ccc(Cl)cc2)CC1. The van der Waals surface area contributed by atoms with Crippen molar-refractivity contribution < 1.29 is 0 Å². The number of nitrogens with one attached hydrogen (secondary N) is 1. The molecule has 0 aromatic heterocycles. The van der Waals surface area contributed by atoms with E-state index in [0.717, 1.165) is 39.9 Å². The first-order chi connectivity index (χ1) is 9.54. The molecule has 0 radical (unpaired) electrons. The van der Waals surface area contributed by atoms with Crippen LogP contribution in [-0.2, 0) is 0 Å². The number of rotatable bonds is 4. The van der Waals surface area contributed by atoms with Crippen molar-refractivity contribution in [3.63, 3.8) is 0 Å². The summed E-state index contributed by atoms with van der Waals surface area (Å²) >= 11 is 11.4. The molecule has 110 valence electrons. The molecule has 20 heavy (non-hydrogen) atoms. The van der Waals surface area contributed by atoms with Crippen molar-refractivity contribution in [2.45, 2.75) is 46.0 Å². The number of halogens is 1. The van der Waals surface area contributed by atoms with Crippen molar-refractivity contribution in [1.82, 2.24) is 0 Å². The first-order valence-corrected chi connectivity index (χ1v) is 8.38. The highest BCUT2D eigenvalue weighted by molar-refractivity contribution is 7.80. The van der Waals surface area contributed by atoms with Crippen LogP contribution in [0.4, 0.5) is 5.69 Å². The van der Waals surface area contributed by atoms with Crippen molar-refractivity contribution >= 4 is 34.5 Å². The van der Waals surface area contributed by atoms with Crippen LogP contribution in [-0.4, -0.2) is 4.99 Å². The first kappa shape index (κ1) is 15.8. The normalized spacial score (nSPS) is 22.8. The van der Waals surface area contributed by atoms with Crippen LogP contribution in [0, 0.1) is 17.8 Å². The lowest BCUT2D eigenvalue weighted by atomic mass is 9.76. The van der Waals surface area contributed by atoms with Gasteiger partial charge in [-0.05, 0) is 67.7 Å². The Bertz CT molecular complexity index is 433. The van der Waals surface area contributed by atoms with E-state index in [2.05, 4.69) is 19.2 Å². The molecule has 0 unspecified atom stereocenters. The second-order valence-corrected chi connectivity index (χ2v) is 7.21. The molecule has 1 aliphatic rings. The zero-order chi connectivity index (χ0) is 14.5. The first-order valence-electron chi connectivity index (χ1n) is 7.60. The highest BCUT2D eigenvalue weighted by Crippen LogP contribution is 2.35. The summed E-state index contributed by atoms with van der Waals surface area (Å²) in [4.78, 5) is 0.959. The molecule has 1 aromatic carbocycles. The van der Waals surface area contributed by atoms with Gasteiger partial charge in [-0.3, -0.25) is 0 Å². The summed E-state index contributed by atoms with van der Waals surface area (Å²) in [5.41, 5.74) is 1.04. The smallest absolute Gasteiger partial charge is 0.0800 e. The Kier molecular flexibility index (Phi) is 5.86. The van der Waals surface area contributed by atoms with Crippen molar-refractivity contribution in [2.75, 3.05) is 5.32 Å². The standard InChI is InChI=1S/C17H24ClNS/c1-12(2)14-5-3-13(4-6-14)11-17(20)19-16-9-7-15(18)8-10-16/h7-10,12-14H,3-6,11H2,1-2H3,(H,19,20). The van der Waals surface area contributed by atoms with E-state index in [1.165, 1.54) is 25.7 Å². The molecule has 1 nitrogen and oxygen atoms in total. The molecule has 3 heteroatoms. The van der Waals surface area contributed by atoms with Crippen molar-refractivity contribution in [3.05, 3.63) is 29.3 Å². The minimum atomic E-state index is 0.758. The molecule has 1 aromatic rings. The fraction of sp³-hybridized carbons (Fsp3) is 0.588. The van der Waals surface area contributed by atoms with Gasteiger partial charge in [0.1, 0.15) is 0 Å². The van der Waals surface area contributed by atoms with Gasteiger partial charge in [-0.1, -0.05) is 37.7 Å². The second-order valence-electron chi connectivity index (χ2n) is 6.28. The molecule has 0 bridgehead atoms. The molecule has 0 atom stereocenters. The third-order valence-corrected chi connectivity index (χ3v) is 4.96.